The summed E-state index contributed by atoms with van der Waals surface area (Å²) in [5, 5.41) is 0. The molecule has 0 aromatic carbocycles. The van der Waals surface area contributed by atoms with Gasteiger partial charge in [0, 0.05) is 14.2 Å². The highest BCUT2D eigenvalue weighted by molar-refractivity contribution is 9.10. The van der Waals surface area contributed by atoms with E-state index in [2.05, 4.69) is 51.8 Å². The average molecular weight is 338 g/mol. The van der Waals surface area contributed by atoms with E-state index >= 15 is 0 Å². The van der Waals surface area contributed by atoms with Gasteiger partial charge in [-0.05, 0) is 53.6 Å². The van der Waals surface area contributed by atoms with Crippen LogP contribution in [0.15, 0.2) is 10.5 Å². The Hall–Kier alpha value is 0.660. The van der Waals surface area contributed by atoms with Crippen molar-refractivity contribution in [3.05, 3.63) is 20.3 Å². The summed E-state index contributed by atoms with van der Waals surface area (Å²) in [6.45, 7) is 4.53. The second-order valence-electron chi connectivity index (χ2n) is 4.15. The maximum atomic E-state index is 3.83. The number of halogens is 2. The molecule has 1 heterocycles. The number of aryl methyl sites for hydroxylation is 1. The van der Waals surface area contributed by atoms with Gasteiger partial charge in [0.2, 0.25) is 0 Å². The van der Waals surface area contributed by atoms with E-state index < -0.39 is 0 Å². The molecule has 3 heteroatoms. The Balaban J connectivity index is 2.13. The summed E-state index contributed by atoms with van der Waals surface area (Å²) in [6, 6.07) is 2.26. The van der Waals surface area contributed by atoms with Crippen LogP contribution < -0.4 is 0 Å². The van der Waals surface area contributed by atoms with Crippen LogP contribution in [0.3, 0.4) is 0 Å². The van der Waals surface area contributed by atoms with Crippen LogP contribution in [0.5, 0.6) is 0 Å². The van der Waals surface area contributed by atoms with Crippen molar-refractivity contribution in [3.63, 3.8) is 0 Å². The van der Waals surface area contributed by atoms with Crippen LogP contribution >= 0.6 is 43.2 Å². The highest BCUT2D eigenvalue weighted by Crippen LogP contribution is 2.48. The molecule has 1 saturated carbocycles. The predicted octanol–water partition coefficient (Wildman–Crippen LogP) is 5.30. The van der Waals surface area contributed by atoms with Crippen LogP contribution in [-0.2, 0) is 0 Å². The second-order valence-corrected chi connectivity index (χ2v) is 7.28. The lowest BCUT2D eigenvalue weighted by molar-refractivity contribution is 0.506. The van der Waals surface area contributed by atoms with Crippen molar-refractivity contribution in [2.45, 2.75) is 31.5 Å². The lowest BCUT2D eigenvalue weighted by Crippen LogP contribution is -2.03. The number of thiophene rings is 1. The third kappa shape index (κ3) is 2.25. The van der Waals surface area contributed by atoms with E-state index in [-0.39, 0.29) is 0 Å². The Morgan fingerprint density at radius 1 is 1.50 bits per heavy atom. The summed E-state index contributed by atoms with van der Waals surface area (Å²) in [4.78, 5) is 3.39. The maximum absolute atomic E-state index is 3.83. The highest BCUT2D eigenvalue weighted by atomic mass is 79.9. The Kier molecular flexibility index (Phi) is 3.40. The molecule has 78 valence electrons. The summed E-state index contributed by atoms with van der Waals surface area (Å²) in [5.41, 5.74) is 0. The molecule has 0 amide bonds. The Morgan fingerprint density at radius 2 is 2.14 bits per heavy atom. The maximum Gasteiger partial charge on any atom is 0.0517 e. The molecule has 14 heavy (non-hydrogen) atoms. The van der Waals surface area contributed by atoms with E-state index in [1.165, 1.54) is 27.1 Å². The lowest BCUT2D eigenvalue weighted by Gasteiger charge is -2.15. The summed E-state index contributed by atoms with van der Waals surface area (Å²) in [5.74, 6) is 1.74. The van der Waals surface area contributed by atoms with Crippen LogP contribution in [0.1, 0.15) is 34.3 Å². The Labute approximate surface area is 106 Å². The molecular formula is C11H14Br2S. The van der Waals surface area contributed by atoms with E-state index in [1.54, 1.807) is 0 Å². The minimum absolute atomic E-state index is 0.546. The van der Waals surface area contributed by atoms with Crippen LogP contribution in [-0.4, -0.2) is 0 Å². The van der Waals surface area contributed by atoms with E-state index in [4.69, 9.17) is 0 Å². The molecule has 0 N–H and O–H groups in total. The molecule has 1 fully saturated rings. The standard InChI is InChI=1S/C11H14Br2S/c1-6(8-3-4-8)11(13)10-5-9(12)7(2)14-10/h5-6,8,11H,3-4H2,1-2H3. The zero-order valence-corrected chi connectivity index (χ0v) is 12.4. The molecule has 2 rings (SSSR count). The van der Waals surface area contributed by atoms with Crippen molar-refractivity contribution >= 4 is 43.2 Å². The molecule has 1 aliphatic carbocycles. The summed E-state index contributed by atoms with van der Waals surface area (Å²) in [7, 11) is 0. The molecule has 2 unspecified atom stereocenters. The second kappa shape index (κ2) is 4.26. The van der Waals surface area contributed by atoms with Crippen molar-refractivity contribution in [2.24, 2.45) is 11.8 Å². The fraction of sp³-hybridized carbons (Fsp3) is 0.636. The first-order valence-corrected chi connectivity index (χ1v) is 7.52. The molecule has 1 aromatic heterocycles. The van der Waals surface area contributed by atoms with Gasteiger partial charge in [-0.1, -0.05) is 22.9 Å². The third-order valence-electron chi connectivity index (χ3n) is 2.98. The smallest absolute Gasteiger partial charge is 0.0517 e. The minimum atomic E-state index is 0.546. The van der Waals surface area contributed by atoms with Crippen LogP contribution in [0.4, 0.5) is 0 Å². The molecule has 1 aromatic rings. The van der Waals surface area contributed by atoms with E-state index in [9.17, 15) is 0 Å². The normalized spacial score (nSPS) is 20.9. The van der Waals surface area contributed by atoms with Gasteiger partial charge < -0.3 is 0 Å². The lowest BCUT2D eigenvalue weighted by atomic mass is 10.0. The first-order chi connectivity index (χ1) is 6.59. The minimum Gasteiger partial charge on any atom is -0.143 e. The van der Waals surface area contributed by atoms with Gasteiger partial charge >= 0.3 is 0 Å². The van der Waals surface area contributed by atoms with Crippen molar-refractivity contribution in [1.82, 2.24) is 0 Å². The molecule has 2 atom stereocenters. The quantitative estimate of drug-likeness (QED) is 0.656. The molecule has 0 bridgehead atoms. The topological polar surface area (TPSA) is 0 Å². The Bertz CT molecular complexity index is 309. The summed E-state index contributed by atoms with van der Waals surface area (Å²) < 4.78 is 1.25. The Morgan fingerprint density at radius 3 is 2.57 bits per heavy atom. The number of hydrogen-bond acceptors (Lipinski definition) is 1. The van der Waals surface area contributed by atoms with Crippen molar-refractivity contribution < 1.29 is 0 Å². The first-order valence-electron chi connectivity index (χ1n) is 4.99. The zero-order valence-electron chi connectivity index (χ0n) is 8.39. The van der Waals surface area contributed by atoms with Crippen LogP contribution in [0.2, 0.25) is 0 Å². The molecular weight excluding hydrogens is 324 g/mol. The van der Waals surface area contributed by atoms with Gasteiger partial charge in [-0.25, -0.2) is 0 Å². The molecule has 0 aliphatic heterocycles. The number of hydrogen-bond donors (Lipinski definition) is 0. The molecule has 0 nitrogen and oxygen atoms in total. The van der Waals surface area contributed by atoms with Crippen LogP contribution in [0, 0.1) is 18.8 Å². The summed E-state index contributed by atoms with van der Waals surface area (Å²) >= 11 is 9.31. The van der Waals surface area contributed by atoms with Gasteiger partial charge in [-0.3, -0.25) is 0 Å². The van der Waals surface area contributed by atoms with Gasteiger partial charge in [0.05, 0.1) is 4.83 Å². The van der Waals surface area contributed by atoms with Crippen molar-refractivity contribution in [3.8, 4) is 0 Å². The first kappa shape index (κ1) is 11.2. The van der Waals surface area contributed by atoms with Gasteiger partial charge in [0.25, 0.3) is 0 Å². The fourth-order valence-electron chi connectivity index (χ4n) is 1.74. The summed E-state index contributed by atoms with van der Waals surface area (Å²) in [6.07, 6.45) is 2.85. The molecule has 0 radical (unpaired) electrons. The molecule has 0 saturated heterocycles. The van der Waals surface area contributed by atoms with Gasteiger partial charge in [-0.2, -0.15) is 0 Å². The monoisotopic (exact) mass is 336 g/mol. The van der Waals surface area contributed by atoms with E-state index in [0.29, 0.717) is 4.83 Å². The molecule has 0 spiro atoms. The average Bonchev–Trinajstić information content (AvgIpc) is 2.93. The third-order valence-corrected chi connectivity index (χ3v) is 6.83. The zero-order chi connectivity index (χ0) is 10.3. The predicted molar refractivity (Wildman–Crippen MR) is 70.3 cm³/mol. The SMILES string of the molecule is Cc1sc(C(Br)C(C)C2CC2)cc1Br. The molecule has 1 aliphatic rings. The van der Waals surface area contributed by atoms with E-state index in [1.807, 2.05) is 11.3 Å². The fourth-order valence-corrected chi connectivity index (χ4v) is 4.24. The number of alkyl halides is 1. The van der Waals surface area contributed by atoms with Gasteiger partial charge in [0.15, 0.2) is 0 Å². The highest BCUT2D eigenvalue weighted by Gasteiger charge is 2.33. The van der Waals surface area contributed by atoms with Crippen molar-refractivity contribution in [2.75, 3.05) is 0 Å². The van der Waals surface area contributed by atoms with E-state index in [0.717, 1.165) is 11.8 Å². The number of rotatable bonds is 3. The van der Waals surface area contributed by atoms with Gasteiger partial charge in [0.1, 0.15) is 0 Å². The van der Waals surface area contributed by atoms with Gasteiger partial charge in [-0.15, -0.1) is 11.3 Å². The largest absolute Gasteiger partial charge is 0.143 e. The van der Waals surface area contributed by atoms with Crippen LogP contribution in [0.25, 0.3) is 0 Å². The van der Waals surface area contributed by atoms with Crippen molar-refractivity contribution in [1.29, 1.82) is 0 Å².